The van der Waals surface area contributed by atoms with Crippen molar-refractivity contribution in [2.75, 3.05) is 6.54 Å². The van der Waals surface area contributed by atoms with Gasteiger partial charge >= 0.3 is 12.1 Å². The molecule has 0 radical (unpaired) electrons. The van der Waals surface area contributed by atoms with E-state index in [4.69, 9.17) is 0 Å². The number of benzene rings is 1. The summed E-state index contributed by atoms with van der Waals surface area (Å²) in [6.45, 7) is 2.23. The van der Waals surface area contributed by atoms with Gasteiger partial charge in [-0.25, -0.2) is 4.98 Å². The van der Waals surface area contributed by atoms with Crippen molar-refractivity contribution < 1.29 is 22.5 Å². The van der Waals surface area contributed by atoms with E-state index >= 15 is 0 Å². The maximum Gasteiger partial charge on any atom is 0.471 e. The molecule has 1 N–H and O–H groups in total. The average molecular weight is 456 g/mol. The lowest BCUT2D eigenvalue weighted by molar-refractivity contribution is -0.159. The second-order valence-electron chi connectivity index (χ2n) is 7.46. The summed E-state index contributed by atoms with van der Waals surface area (Å²) in [7, 11) is 1.91. The Hall–Kier alpha value is -4.02. The number of rotatable bonds is 6. The van der Waals surface area contributed by atoms with Gasteiger partial charge in [0.2, 0.25) is 5.82 Å². The zero-order valence-corrected chi connectivity index (χ0v) is 17.7. The second-order valence-corrected chi connectivity index (χ2v) is 7.46. The molecule has 4 aromatic rings. The SMILES string of the molecule is CC(CNC(=O)c1cncc(-c2noc(C(F)(F)F)n2)c1)c1cn(C)c(-c2ccccc2)n1. The Bertz CT molecular complexity index is 1270. The summed E-state index contributed by atoms with van der Waals surface area (Å²) in [4.78, 5) is 24.5. The van der Waals surface area contributed by atoms with Crippen LogP contribution in [0.5, 0.6) is 0 Å². The standard InChI is InChI=1S/C22H19F3N6O2/c1-13(17-12-31(2)19(28-17)14-6-4-3-5-7-14)9-27-20(32)16-8-15(10-26-11-16)18-29-21(33-30-18)22(23,24)25/h3-8,10-13H,9H2,1-2H3,(H,27,32). The van der Waals surface area contributed by atoms with Crippen molar-refractivity contribution in [3.8, 4) is 22.8 Å². The first-order chi connectivity index (χ1) is 15.7. The fourth-order valence-electron chi connectivity index (χ4n) is 3.18. The minimum Gasteiger partial charge on any atom is -0.351 e. The number of hydrogen-bond acceptors (Lipinski definition) is 6. The Kier molecular flexibility index (Phi) is 5.95. The normalized spacial score (nSPS) is 12.5. The molecule has 0 bridgehead atoms. The van der Waals surface area contributed by atoms with E-state index < -0.39 is 18.0 Å². The first-order valence-corrected chi connectivity index (χ1v) is 9.95. The van der Waals surface area contributed by atoms with Gasteiger partial charge in [-0.3, -0.25) is 9.78 Å². The van der Waals surface area contributed by atoms with Gasteiger partial charge in [0.25, 0.3) is 5.91 Å². The highest BCUT2D eigenvalue weighted by Crippen LogP contribution is 2.29. The van der Waals surface area contributed by atoms with Crippen LogP contribution in [0.2, 0.25) is 0 Å². The second kappa shape index (κ2) is 8.85. The molecule has 170 valence electrons. The van der Waals surface area contributed by atoms with Crippen LogP contribution in [0.4, 0.5) is 13.2 Å². The Morgan fingerprint density at radius 1 is 1.15 bits per heavy atom. The Morgan fingerprint density at radius 3 is 2.61 bits per heavy atom. The number of amides is 1. The Labute approximate surface area is 186 Å². The largest absolute Gasteiger partial charge is 0.471 e. The van der Waals surface area contributed by atoms with Crippen LogP contribution in [-0.4, -0.2) is 37.1 Å². The highest BCUT2D eigenvalue weighted by atomic mass is 19.4. The third-order valence-electron chi connectivity index (χ3n) is 4.93. The summed E-state index contributed by atoms with van der Waals surface area (Å²) in [5.74, 6) is -1.47. The third-order valence-corrected chi connectivity index (χ3v) is 4.93. The molecule has 1 aromatic carbocycles. The predicted molar refractivity (Wildman–Crippen MR) is 112 cm³/mol. The Balaban J connectivity index is 1.43. The molecule has 0 fully saturated rings. The predicted octanol–water partition coefficient (Wildman–Crippen LogP) is 4.08. The van der Waals surface area contributed by atoms with E-state index in [2.05, 4.69) is 29.9 Å². The quantitative estimate of drug-likeness (QED) is 0.469. The number of pyridine rings is 1. The first-order valence-electron chi connectivity index (χ1n) is 9.95. The molecular formula is C22H19F3N6O2. The van der Waals surface area contributed by atoms with Crippen molar-refractivity contribution in [3.05, 3.63) is 72.1 Å². The number of nitrogens with one attached hydrogen (secondary N) is 1. The molecule has 0 saturated carbocycles. The molecule has 11 heteroatoms. The molecule has 0 aliphatic rings. The molecule has 4 rings (SSSR count). The van der Waals surface area contributed by atoms with Crippen molar-refractivity contribution in [2.24, 2.45) is 7.05 Å². The molecule has 0 saturated heterocycles. The fourth-order valence-corrected chi connectivity index (χ4v) is 3.18. The number of carbonyl (C=O) groups is 1. The molecule has 0 aliphatic carbocycles. The van der Waals surface area contributed by atoms with E-state index in [1.54, 1.807) is 0 Å². The van der Waals surface area contributed by atoms with E-state index in [0.717, 1.165) is 17.1 Å². The zero-order chi connectivity index (χ0) is 23.6. The van der Waals surface area contributed by atoms with Crippen LogP contribution in [0.1, 0.15) is 34.8 Å². The lowest BCUT2D eigenvalue weighted by atomic mass is 10.1. The van der Waals surface area contributed by atoms with Crippen molar-refractivity contribution in [2.45, 2.75) is 19.0 Å². The van der Waals surface area contributed by atoms with Gasteiger partial charge in [0.15, 0.2) is 0 Å². The van der Waals surface area contributed by atoms with E-state index in [9.17, 15) is 18.0 Å². The number of nitrogens with zero attached hydrogens (tertiary/aromatic N) is 5. The maximum atomic E-state index is 12.7. The van der Waals surface area contributed by atoms with Crippen molar-refractivity contribution in [1.29, 1.82) is 0 Å². The van der Waals surface area contributed by atoms with Gasteiger partial charge in [0, 0.05) is 49.2 Å². The molecule has 3 aromatic heterocycles. The van der Waals surface area contributed by atoms with Gasteiger partial charge in [-0.15, -0.1) is 0 Å². The van der Waals surface area contributed by atoms with E-state index in [-0.39, 0.29) is 22.9 Å². The summed E-state index contributed by atoms with van der Waals surface area (Å²) < 4.78 is 44.2. The van der Waals surface area contributed by atoms with Gasteiger partial charge < -0.3 is 14.4 Å². The summed E-state index contributed by atoms with van der Waals surface area (Å²) in [5, 5.41) is 6.12. The number of imidazole rings is 1. The number of aromatic nitrogens is 5. The fraction of sp³-hybridized carbons (Fsp3) is 0.227. The molecule has 1 amide bonds. The Morgan fingerprint density at radius 2 is 1.91 bits per heavy atom. The summed E-state index contributed by atoms with van der Waals surface area (Å²) in [6.07, 6.45) is -0.280. The smallest absolute Gasteiger partial charge is 0.351 e. The van der Waals surface area contributed by atoms with Crippen LogP contribution in [0.15, 0.2) is 59.5 Å². The minimum atomic E-state index is -4.75. The highest BCUT2D eigenvalue weighted by Gasteiger charge is 2.38. The molecular weight excluding hydrogens is 437 g/mol. The van der Waals surface area contributed by atoms with E-state index in [0.29, 0.717) is 6.54 Å². The van der Waals surface area contributed by atoms with Gasteiger partial charge in [-0.1, -0.05) is 42.4 Å². The topological polar surface area (TPSA) is 98.7 Å². The number of aryl methyl sites for hydroxylation is 1. The van der Waals surface area contributed by atoms with Gasteiger partial charge in [-0.05, 0) is 6.07 Å². The molecule has 0 spiro atoms. The van der Waals surface area contributed by atoms with Crippen molar-refractivity contribution in [1.82, 2.24) is 30.0 Å². The van der Waals surface area contributed by atoms with E-state index in [1.165, 1.54) is 18.5 Å². The van der Waals surface area contributed by atoms with Crippen molar-refractivity contribution in [3.63, 3.8) is 0 Å². The summed E-state index contributed by atoms with van der Waals surface area (Å²) in [5.41, 5.74) is 2.09. The lowest BCUT2D eigenvalue weighted by Crippen LogP contribution is -2.27. The number of alkyl halides is 3. The van der Waals surface area contributed by atoms with Crippen LogP contribution in [0, 0.1) is 0 Å². The lowest BCUT2D eigenvalue weighted by Gasteiger charge is -2.10. The van der Waals surface area contributed by atoms with Crippen LogP contribution < -0.4 is 5.32 Å². The average Bonchev–Trinajstić information content (AvgIpc) is 3.45. The highest BCUT2D eigenvalue weighted by molar-refractivity contribution is 5.94. The monoisotopic (exact) mass is 456 g/mol. The van der Waals surface area contributed by atoms with Crippen LogP contribution in [0.25, 0.3) is 22.8 Å². The van der Waals surface area contributed by atoms with Crippen molar-refractivity contribution >= 4 is 5.91 Å². The van der Waals surface area contributed by atoms with Crippen LogP contribution in [0.3, 0.4) is 0 Å². The molecule has 33 heavy (non-hydrogen) atoms. The first kappa shape index (κ1) is 22.2. The van der Waals surface area contributed by atoms with Crippen LogP contribution >= 0.6 is 0 Å². The number of carbonyl (C=O) groups excluding carboxylic acids is 1. The molecule has 0 aliphatic heterocycles. The maximum absolute atomic E-state index is 12.7. The molecule has 1 atom stereocenters. The van der Waals surface area contributed by atoms with E-state index in [1.807, 2.05) is 55.1 Å². The zero-order valence-electron chi connectivity index (χ0n) is 17.7. The van der Waals surface area contributed by atoms with Gasteiger partial charge in [-0.2, -0.15) is 18.2 Å². The number of hydrogen-bond donors (Lipinski definition) is 1. The third kappa shape index (κ3) is 4.92. The molecule has 3 heterocycles. The summed E-state index contributed by atoms with van der Waals surface area (Å²) >= 11 is 0. The van der Waals surface area contributed by atoms with Gasteiger partial charge in [0.1, 0.15) is 5.82 Å². The minimum absolute atomic E-state index is 0.0831. The van der Waals surface area contributed by atoms with Gasteiger partial charge in [0.05, 0.1) is 11.3 Å². The van der Waals surface area contributed by atoms with Crippen LogP contribution in [-0.2, 0) is 13.2 Å². The summed E-state index contributed by atoms with van der Waals surface area (Å²) in [6, 6.07) is 11.1. The molecule has 8 nitrogen and oxygen atoms in total. The molecule has 1 unspecified atom stereocenters. The number of halogens is 3.